The quantitative estimate of drug-likeness (QED) is 0.668. The van der Waals surface area contributed by atoms with Gasteiger partial charge >= 0.3 is 5.97 Å². The van der Waals surface area contributed by atoms with Gasteiger partial charge in [0.15, 0.2) is 13.2 Å². The Morgan fingerprint density at radius 2 is 1.78 bits per heavy atom. The normalized spacial score (nSPS) is 10.9. The molecule has 0 aliphatic heterocycles. The number of aryl methyl sites for hydroxylation is 1. The van der Waals surface area contributed by atoms with Gasteiger partial charge in [0.05, 0.1) is 4.90 Å². The number of ether oxygens (including phenoxy) is 2. The number of esters is 1. The van der Waals surface area contributed by atoms with Gasteiger partial charge in [-0.25, -0.2) is 18.4 Å². The van der Waals surface area contributed by atoms with Gasteiger partial charge in [-0.15, -0.1) is 0 Å². The van der Waals surface area contributed by atoms with Gasteiger partial charge in [0.25, 0.3) is 5.91 Å². The lowest BCUT2D eigenvalue weighted by atomic mass is 10.2. The van der Waals surface area contributed by atoms with Crippen molar-refractivity contribution in [1.82, 2.24) is 0 Å². The summed E-state index contributed by atoms with van der Waals surface area (Å²) in [6.07, 6.45) is 0. The Morgan fingerprint density at radius 3 is 2.37 bits per heavy atom. The first-order chi connectivity index (χ1) is 12.6. The van der Waals surface area contributed by atoms with Crippen LogP contribution in [0.15, 0.2) is 47.4 Å². The molecule has 2 aromatic rings. The molecule has 10 heteroatoms. The van der Waals surface area contributed by atoms with Gasteiger partial charge < -0.3 is 14.8 Å². The van der Waals surface area contributed by atoms with Gasteiger partial charge in [0, 0.05) is 10.7 Å². The Balaban J connectivity index is 1.77. The molecule has 1 amide bonds. The maximum absolute atomic E-state index is 11.8. The van der Waals surface area contributed by atoms with Crippen LogP contribution in [0.25, 0.3) is 0 Å². The predicted molar refractivity (Wildman–Crippen MR) is 99.1 cm³/mol. The lowest BCUT2D eigenvalue weighted by molar-refractivity contribution is -0.149. The van der Waals surface area contributed by atoms with Crippen molar-refractivity contribution < 1.29 is 27.5 Å². The number of hydrogen-bond donors (Lipinski definition) is 2. The van der Waals surface area contributed by atoms with Crippen molar-refractivity contribution in [2.45, 2.75) is 11.8 Å². The standard InChI is InChI=1S/C17H17ClN2O6S/c1-11-8-13(4-7-15(11)18)25-10-17(22)26-9-16(21)20-12-2-5-14(6-3-12)27(19,23)24/h2-8H,9-10H2,1H3,(H,20,21)(H2,19,23,24). The zero-order valence-electron chi connectivity index (χ0n) is 14.3. The van der Waals surface area contributed by atoms with E-state index in [9.17, 15) is 18.0 Å². The van der Waals surface area contributed by atoms with Crippen molar-refractivity contribution in [2.24, 2.45) is 5.14 Å². The number of amides is 1. The van der Waals surface area contributed by atoms with Gasteiger partial charge in [-0.2, -0.15) is 0 Å². The molecule has 0 fully saturated rings. The fraction of sp³-hybridized carbons (Fsp3) is 0.176. The number of nitrogens with one attached hydrogen (secondary N) is 1. The smallest absolute Gasteiger partial charge is 0.344 e. The number of benzene rings is 2. The van der Waals surface area contributed by atoms with Crippen molar-refractivity contribution in [2.75, 3.05) is 18.5 Å². The van der Waals surface area contributed by atoms with E-state index in [2.05, 4.69) is 5.32 Å². The number of rotatable bonds is 7. The molecule has 0 aliphatic carbocycles. The molecule has 0 unspecified atom stereocenters. The van der Waals surface area contributed by atoms with Crippen LogP contribution in [-0.2, 0) is 24.3 Å². The molecule has 0 saturated heterocycles. The largest absolute Gasteiger partial charge is 0.482 e. The Hall–Kier alpha value is -2.62. The molecule has 0 heterocycles. The topological polar surface area (TPSA) is 125 Å². The van der Waals surface area contributed by atoms with Crippen LogP contribution in [0.2, 0.25) is 5.02 Å². The minimum atomic E-state index is -3.81. The minimum Gasteiger partial charge on any atom is -0.482 e. The van der Waals surface area contributed by atoms with E-state index in [1.165, 1.54) is 24.3 Å². The maximum atomic E-state index is 11.8. The number of carbonyl (C=O) groups excluding carboxylic acids is 2. The average Bonchev–Trinajstić information content (AvgIpc) is 2.60. The molecule has 144 valence electrons. The number of sulfonamides is 1. The van der Waals surface area contributed by atoms with Crippen LogP contribution in [0.5, 0.6) is 5.75 Å². The number of nitrogens with two attached hydrogens (primary N) is 1. The van der Waals surface area contributed by atoms with E-state index in [1.54, 1.807) is 25.1 Å². The molecule has 0 aromatic heterocycles. The summed E-state index contributed by atoms with van der Waals surface area (Å²) < 4.78 is 32.4. The lowest BCUT2D eigenvalue weighted by Crippen LogP contribution is -2.23. The van der Waals surface area contributed by atoms with Crippen LogP contribution >= 0.6 is 11.6 Å². The number of anilines is 1. The van der Waals surface area contributed by atoms with Crippen LogP contribution in [0.4, 0.5) is 5.69 Å². The first kappa shape index (κ1) is 20.7. The summed E-state index contributed by atoms with van der Waals surface area (Å²) in [6, 6.07) is 10.2. The highest BCUT2D eigenvalue weighted by Gasteiger charge is 2.11. The van der Waals surface area contributed by atoms with Crippen molar-refractivity contribution in [3.8, 4) is 5.75 Å². The van der Waals surface area contributed by atoms with E-state index >= 15 is 0 Å². The molecule has 0 spiro atoms. The Labute approximate surface area is 161 Å². The number of hydrogen-bond acceptors (Lipinski definition) is 6. The Kier molecular flexibility index (Phi) is 6.78. The second-order valence-corrected chi connectivity index (χ2v) is 7.45. The third-order valence-corrected chi connectivity index (χ3v) is 4.67. The second kappa shape index (κ2) is 8.85. The van der Waals surface area contributed by atoms with E-state index in [0.29, 0.717) is 16.5 Å². The second-order valence-electron chi connectivity index (χ2n) is 5.48. The fourth-order valence-corrected chi connectivity index (χ4v) is 2.59. The molecule has 8 nitrogen and oxygen atoms in total. The highest BCUT2D eigenvalue weighted by molar-refractivity contribution is 7.89. The first-order valence-electron chi connectivity index (χ1n) is 7.62. The number of primary sulfonamides is 1. The molecule has 2 rings (SSSR count). The summed E-state index contributed by atoms with van der Waals surface area (Å²) in [7, 11) is -3.81. The van der Waals surface area contributed by atoms with E-state index in [4.69, 9.17) is 26.2 Å². The van der Waals surface area contributed by atoms with Crippen molar-refractivity contribution in [3.05, 3.63) is 53.1 Å². The van der Waals surface area contributed by atoms with Gasteiger partial charge in [0.1, 0.15) is 5.75 Å². The molecular weight excluding hydrogens is 396 g/mol. The molecule has 0 saturated carbocycles. The van der Waals surface area contributed by atoms with E-state index in [-0.39, 0.29) is 11.5 Å². The number of halogens is 1. The summed E-state index contributed by atoms with van der Waals surface area (Å²) >= 11 is 5.90. The zero-order chi connectivity index (χ0) is 20.0. The number of carbonyl (C=O) groups is 2. The molecule has 2 aromatic carbocycles. The monoisotopic (exact) mass is 412 g/mol. The summed E-state index contributed by atoms with van der Waals surface area (Å²) in [5, 5.41) is 8.02. The SMILES string of the molecule is Cc1cc(OCC(=O)OCC(=O)Nc2ccc(S(N)(=O)=O)cc2)ccc1Cl. The van der Waals surface area contributed by atoms with Crippen LogP contribution in [-0.4, -0.2) is 33.5 Å². The van der Waals surface area contributed by atoms with Gasteiger partial charge in [-0.05, 0) is 55.0 Å². The summed E-state index contributed by atoms with van der Waals surface area (Å²) in [5.41, 5.74) is 1.13. The minimum absolute atomic E-state index is 0.0819. The van der Waals surface area contributed by atoms with Crippen LogP contribution in [0.1, 0.15) is 5.56 Å². The third-order valence-electron chi connectivity index (χ3n) is 3.32. The third kappa shape index (κ3) is 6.55. The van der Waals surface area contributed by atoms with Crippen LogP contribution in [0, 0.1) is 6.92 Å². The highest BCUT2D eigenvalue weighted by Crippen LogP contribution is 2.21. The van der Waals surface area contributed by atoms with E-state index in [1.807, 2.05) is 0 Å². The first-order valence-corrected chi connectivity index (χ1v) is 9.55. The summed E-state index contributed by atoms with van der Waals surface area (Å²) in [5.74, 6) is -0.857. The molecule has 0 aliphatic rings. The Morgan fingerprint density at radius 1 is 1.11 bits per heavy atom. The fourth-order valence-electron chi connectivity index (χ4n) is 1.96. The van der Waals surface area contributed by atoms with Crippen molar-refractivity contribution in [1.29, 1.82) is 0 Å². The molecule has 3 N–H and O–H groups in total. The van der Waals surface area contributed by atoms with E-state index < -0.39 is 28.5 Å². The maximum Gasteiger partial charge on any atom is 0.344 e. The molecule has 0 bridgehead atoms. The zero-order valence-corrected chi connectivity index (χ0v) is 15.8. The van der Waals surface area contributed by atoms with Gasteiger partial charge in [-0.3, -0.25) is 4.79 Å². The molecule has 27 heavy (non-hydrogen) atoms. The summed E-state index contributed by atoms with van der Waals surface area (Å²) in [4.78, 5) is 23.3. The Bertz CT molecular complexity index is 944. The van der Waals surface area contributed by atoms with E-state index in [0.717, 1.165) is 5.56 Å². The molecule has 0 radical (unpaired) electrons. The van der Waals surface area contributed by atoms with Crippen LogP contribution in [0.3, 0.4) is 0 Å². The van der Waals surface area contributed by atoms with Gasteiger partial charge in [-0.1, -0.05) is 11.6 Å². The molecule has 0 atom stereocenters. The highest BCUT2D eigenvalue weighted by atomic mass is 35.5. The predicted octanol–water partition coefficient (Wildman–Crippen LogP) is 1.86. The molecular formula is C17H17ClN2O6S. The lowest BCUT2D eigenvalue weighted by Gasteiger charge is -2.09. The van der Waals surface area contributed by atoms with Crippen molar-refractivity contribution >= 4 is 39.2 Å². The summed E-state index contributed by atoms with van der Waals surface area (Å²) in [6.45, 7) is 0.920. The van der Waals surface area contributed by atoms with Gasteiger partial charge in [0.2, 0.25) is 10.0 Å². The average molecular weight is 413 g/mol. The van der Waals surface area contributed by atoms with Crippen molar-refractivity contribution in [3.63, 3.8) is 0 Å². The van der Waals surface area contributed by atoms with Crippen LogP contribution < -0.4 is 15.2 Å².